The summed E-state index contributed by atoms with van der Waals surface area (Å²) in [6, 6.07) is -0.314. The molecule has 2 rings (SSSR count). The van der Waals surface area contributed by atoms with Crippen molar-refractivity contribution in [1.82, 2.24) is 10.2 Å². The summed E-state index contributed by atoms with van der Waals surface area (Å²) in [4.78, 5) is 0. The predicted octanol–water partition coefficient (Wildman–Crippen LogP) is 2.38. The summed E-state index contributed by atoms with van der Waals surface area (Å²) in [6.45, 7) is 1.74. The second kappa shape index (κ2) is 4.08. The quantitative estimate of drug-likeness (QED) is 0.848. The van der Waals surface area contributed by atoms with Crippen LogP contribution < -0.4 is 5.73 Å². The molecule has 1 aliphatic carbocycles. The third-order valence-electron chi connectivity index (χ3n) is 2.91. The molecule has 0 amide bonds. The highest BCUT2D eigenvalue weighted by Gasteiger charge is 2.37. The van der Waals surface area contributed by atoms with Crippen molar-refractivity contribution in [2.24, 2.45) is 5.73 Å². The average Bonchev–Trinajstić information content (AvgIpc) is 2.66. The van der Waals surface area contributed by atoms with Crippen molar-refractivity contribution in [3.8, 4) is 0 Å². The van der Waals surface area contributed by atoms with Crippen molar-refractivity contribution >= 4 is 0 Å². The molecule has 6 heteroatoms. The molecule has 90 valence electrons. The predicted molar refractivity (Wildman–Crippen MR) is 53.1 cm³/mol. The van der Waals surface area contributed by atoms with Gasteiger partial charge in [-0.05, 0) is 19.8 Å². The Balaban J connectivity index is 2.03. The molecular weight excluding hydrogens is 216 g/mol. The van der Waals surface area contributed by atoms with Gasteiger partial charge in [-0.3, -0.25) is 0 Å². The van der Waals surface area contributed by atoms with Crippen LogP contribution in [0.4, 0.5) is 8.78 Å². The molecule has 1 fully saturated rings. The topological polar surface area (TPSA) is 64.9 Å². The average molecular weight is 231 g/mol. The zero-order valence-electron chi connectivity index (χ0n) is 9.12. The van der Waals surface area contributed by atoms with Crippen molar-refractivity contribution < 1.29 is 13.2 Å². The van der Waals surface area contributed by atoms with E-state index in [1.807, 2.05) is 0 Å². The van der Waals surface area contributed by atoms with Crippen LogP contribution in [-0.4, -0.2) is 16.1 Å². The summed E-state index contributed by atoms with van der Waals surface area (Å²) in [5, 5.41) is 7.67. The maximum Gasteiger partial charge on any atom is 0.248 e. The largest absolute Gasteiger partial charge is 0.423 e. The Morgan fingerprint density at radius 2 is 2.00 bits per heavy atom. The molecule has 4 nitrogen and oxygen atoms in total. The molecule has 2 N–H and O–H groups in total. The highest BCUT2D eigenvalue weighted by Crippen LogP contribution is 2.40. The molecule has 16 heavy (non-hydrogen) atoms. The number of hydrogen-bond acceptors (Lipinski definition) is 4. The normalized spacial score (nSPS) is 23.2. The number of alkyl halides is 2. The minimum absolute atomic E-state index is 0.0420. The summed E-state index contributed by atoms with van der Waals surface area (Å²) < 4.78 is 31.2. The standard InChI is InChI=1S/C10H15F2N3O/c1-6(13)8-14-15-9(16-8)7-2-4-10(11,12)5-3-7/h6-7H,2-5,13H2,1H3. The lowest BCUT2D eigenvalue weighted by molar-refractivity contribution is -0.0399. The maximum atomic E-state index is 12.9. The number of aromatic nitrogens is 2. The van der Waals surface area contributed by atoms with Gasteiger partial charge < -0.3 is 10.2 Å². The van der Waals surface area contributed by atoms with E-state index in [0.29, 0.717) is 24.6 Å². The van der Waals surface area contributed by atoms with Crippen LogP contribution in [0.5, 0.6) is 0 Å². The number of halogens is 2. The summed E-state index contributed by atoms with van der Waals surface area (Å²) in [5.41, 5.74) is 5.58. The van der Waals surface area contributed by atoms with Crippen LogP contribution in [0, 0.1) is 0 Å². The molecule has 0 aromatic carbocycles. The maximum absolute atomic E-state index is 12.9. The lowest BCUT2D eigenvalue weighted by Crippen LogP contribution is -2.23. The highest BCUT2D eigenvalue weighted by molar-refractivity contribution is 4.97. The number of rotatable bonds is 2. The molecule has 1 aromatic heterocycles. The smallest absolute Gasteiger partial charge is 0.248 e. The van der Waals surface area contributed by atoms with E-state index in [1.165, 1.54) is 0 Å². The van der Waals surface area contributed by atoms with Crippen LogP contribution >= 0.6 is 0 Å². The van der Waals surface area contributed by atoms with Crippen LogP contribution in [0.25, 0.3) is 0 Å². The molecule has 1 atom stereocenters. The van der Waals surface area contributed by atoms with Gasteiger partial charge in [0.05, 0.1) is 6.04 Å². The fourth-order valence-corrected chi connectivity index (χ4v) is 1.88. The molecule has 1 heterocycles. The second-order valence-electron chi connectivity index (χ2n) is 4.40. The summed E-state index contributed by atoms with van der Waals surface area (Å²) in [5.74, 6) is -1.75. The van der Waals surface area contributed by atoms with Gasteiger partial charge in [-0.25, -0.2) is 8.78 Å². The third-order valence-corrected chi connectivity index (χ3v) is 2.91. The van der Waals surface area contributed by atoms with Crippen LogP contribution in [0.3, 0.4) is 0 Å². The van der Waals surface area contributed by atoms with Crippen molar-refractivity contribution in [1.29, 1.82) is 0 Å². The van der Waals surface area contributed by atoms with Crippen LogP contribution in [0.1, 0.15) is 56.3 Å². The molecule has 0 bridgehead atoms. The Bertz CT molecular complexity index is 355. The first kappa shape index (κ1) is 11.4. The van der Waals surface area contributed by atoms with Crippen molar-refractivity contribution in [3.63, 3.8) is 0 Å². The number of nitrogens with two attached hydrogens (primary N) is 1. The molecule has 0 aliphatic heterocycles. The van der Waals surface area contributed by atoms with E-state index in [0.717, 1.165) is 0 Å². The molecule has 0 spiro atoms. The van der Waals surface area contributed by atoms with Gasteiger partial charge in [0.25, 0.3) is 0 Å². The Hall–Kier alpha value is -1.04. The van der Waals surface area contributed by atoms with E-state index in [2.05, 4.69) is 10.2 Å². The number of hydrogen-bond donors (Lipinski definition) is 1. The van der Waals surface area contributed by atoms with Gasteiger partial charge in [-0.1, -0.05) is 0 Å². The molecule has 0 radical (unpaired) electrons. The highest BCUT2D eigenvalue weighted by atomic mass is 19.3. The van der Waals surface area contributed by atoms with Crippen molar-refractivity contribution in [2.45, 2.75) is 50.5 Å². The Labute approximate surface area is 92.2 Å². The van der Waals surface area contributed by atoms with Crippen LogP contribution in [-0.2, 0) is 0 Å². The van der Waals surface area contributed by atoms with E-state index in [9.17, 15) is 8.78 Å². The number of nitrogens with zero attached hydrogens (tertiary/aromatic N) is 2. The van der Waals surface area contributed by atoms with Gasteiger partial charge in [-0.15, -0.1) is 10.2 Å². The molecule has 1 aliphatic rings. The van der Waals surface area contributed by atoms with E-state index >= 15 is 0 Å². The Kier molecular flexibility index (Phi) is 2.92. The summed E-state index contributed by atoms with van der Waals surface area (Å²) in [6.07, 6.45) is 0.586. The summed E-state index contributed by atoms with van der Waals surface area (Å²) in [7, 11) is 0. The van der Waals surface area contributed by atoms with Gasteiger partial charge in [0.1, 0.15) is 0 Å². The zero-order chi connectivity index (χ0) is 11.8. The van der Waals surface area contributed by atoms with E-state index in [1.54, 1.807) is 6.92 Å². The first-order valence-corrected chi connectivity index (χ1v) is 5.45. The minimum atomic E-state index is -2.53. The van der Waals surface area contributed by atoms with Crippen molar-refractivity contribution in [3.05, 3.63) is 11.8 Å². The van der Waals surface area contributed by atoms with E-state index in [4.69, 9.17) is 10.2 Å². The third kappa shape index (κ3) is 2.37. The molecule has 1 aromatic rings. The second-order valence-corrected chi connectivity index (χ2v) is 4.40. The summed E-state index contributed by atoms with van der Waals surface area (Å²) >= 11 is 0. The van der Waals surface area contributed by atoms with Crippen molar-refractivity contribution in [2.75, 3.05) is 0 Å². The Morgan fingerprint density at radius 1 is 1.38 bits per heavy atom. The molecular formula is C10H15F2N3O. The SMILES string of the molecule is CC(N)c1nnc(C2CCC(F)(F)CC2)o1. The minimum Gasteiger partial charge on any atom is -0.423 e. The molecule has 1 saturated carbocycles. The van der Waals surface area contributed by atoms with E-state index in [-0.39, 0.29) is 24.8 Å². The van der Waals surface area contributed by atoms with Gasteiger partial charge >= 0.3 is 0 Å². The van der Waals surface area contributed by atoms with Gasteiger partial charge in [0.2, 0.25) is 17.7 Å². The van der Waals surface area contributed by atoms with Gasteiger partial charge in [0, 0.05) is 18.8 Å². The Morgan fingerprint density at radius 3 is 2.50 bits per heavy atom. The fourth-order valence-electron chi connectivity index (χ4n) is 1.88. The molecule has 0 saturated heterocycles. The van der Waals surface area contributed by atoms with Crippen LogP contribution in [0.15, 0.2) is 4.42 Å². The molecule has 1 unspecified atom stereocenters. The van der Waals surface area contributed by atoms with Crippen LogP contribution in [0.2, 0.25) is 0 Å². The lowest BCUT2D eigenvalue weighted by atomic mass is 9.87. The first-order chi connectivity index (χ1) is 7.48. The van der Waals surface area contributed by atoms with Gasteiger partial charge in [0.15, 0.2) is 0 Å². The monoisotopic (exact) mass is 231 g/mol. The van der Waals surface area contributed by atoms with E-state index < -0.39 is 5.92 Å². The zero-order valence-corrected chi connectivity index (χ0v) is 9.12. The van der Waals surface area contributed by atoms with Gasteiger partial charge in [-0.2, -0.15) is 0 Å². The lowest BCUT2D eigenvalue weighted by Gasteiger charge is -2.25. The fraction of sp³-hybridized carbons (Fsp3) is 0.800. The first-order valence-electron chi connectivity index (χ1n) is 5.45.